The van der Waals surface area contributed by atoms with E-state index in [2.05, 4.69) is 5.32 Å². The highest BCUT2D eigenvalue weighted by atomic mass is 19.1. The lowest BCUT2D eigenvalue weighted by Crippen LogP contribution is -2.54. The maximum atomic E-state index is 13.5. The largest absolute Gasteiger partial charge is 0.357 e. The number of hydrogen-bond acceptors (Lipinski definition) is 3. The highest BCUT2D eigenvalue weighted by Crippen LogP contribution is 2.24. The van der Waals surface area contributed by atoms with E-state index in [4.69, 9.17) is 0 Å². The summed E-state index contributed by atoms with van der Waals surface area (Å²) >= 11 is 0. The van der Waals surface area contributed by atoms with E-state index in [1.54, 1.807) is 17.9 Å². The minimum atomic E-state index is -0.560. The fraction of sp³-hybridized carbons (Fsp3) is 0.333. The van der Waals surface area contributed by atoms with Crippen LogP contribution in [0.15, 0.2) is 18.2 Å². The van der Waals surface area contributed by atoms with Crippen molar-refractivity contribution in [3.05, 3.63) is 29.6 Å². The molecule has 1 amide bonds. The Labute approximate surface area is 98.4 Å². The second-order valence-corrected chi connectivity index (χ2v) is 3.95. The normalized spacial score (nSPS) is 20.0. The fourth-order valence-electron chi connectivity index (χ4n) is 2.00. The lowest BCUT2D eigenvalue weighted by Gasteiger charge is -2.35. The fourth-order valence-corrected chi connectivity index (χ4v) is 2.00. The van der Waals surface area contributed by atoms with Crippen LogP contribution >= 0.6 is 0 Å². The van der Waals surface area contributed by atoms with Crippen LogP contribution in [-0.4, -0.2) is 31.3 Å². The molecule has 0 saturated carbocycles. The number of carbonyl (C=O) groups is 2. The van der Waals surface area contributed by atoms with Gasteiger partial charge in [-0.05, 0) is 19.1 Å². The molecule has 0 bridgehead atoms. The SMILES string of the molecule is CC1C(=O)NCCN1c1cccc(F)c1C=O. The Hall–Kier alpha value is -1.91. The summed E-state index contributed by atoms with van der Waals surface area (Å²) in [4.78, 5) is 24.2. The maximum absolute atomic E-state index is 13.5. The predicted octanol–water partition coefficient (Wildman–Crippen LogP) is 0.963. The van der Waals surface area contributed by atoms with E-state index in [9.17, 15) is 14.0 Å². The van der Waals surface area contributed by atoms with Gasteiger partial charge in [-0.2, -0.15) is 0 Å². The second-order valence-electron chi connectivity index (χ2n) is 3.95. The van der Waals surface area contributed by atoms with Gasteiger partial charge in [0.15, 0.2) is 6.29 Å². The van der Waals surface area contributed by atoms with Crippen LogP contribution in [0.3, 0.4) is 0 Å². The highest BCUT2D eigenvalue weighted by molar-refractivity contribution is 5.90. The van der Waals surface area contributed by atoms with Crippen LogP contribution < -0.4 is 10.2 Å². The smallest absolute Gasteiger partial charge is 0.242 e. The van der Waals surface area contributed by atoms with E-state index in [1.165, 1.54) is 12.1 Å². The molecule has 1 saturated heterocycles. The molecule has 90 valence electrons. The van der Waals surface area contributed by atoms with Crippen molar-refractivity contribution >= 4 is 17.9 Å². The van der Waals surface area contributed by atoms with Crippen molar-refractivity contribution in [3.8, 4) is 0 Å². The van der Waals surface area contributed by atoms with Crippen LogP contribution in [0.2, 0.25) is 0 Å². The van der Waals surface area contributed by atoms with E-state index < -0.39 is 11.9 Å². The minimum Gasteiger partial charge on any atom is -0.357 e. The standard InChI is InChI=1S/C12H13FN2O2/c1-8-12(17)14-5-6-15(8)11-4-2-3-10(13)9(11)7-16/h2-4,7-8H,5-6H2,1H3,(H,14,17). The number of carbonyl (C=O) groups excluding carboxylic acids is 2. The van der Waals surface area contributed by atoms with E-state index in [0.717, 1.165) is 0 Å². The molecule has 1 unspecified atom stereocenters. The summed E-state index contributed by atoms with van der Waals surface area (Å²) in [7, 11) is 0. The molecule has 4 nitrogen and oxygen atoms in total. The van der Waals surface area contributed by atoms with Crippen molar-refractivity contribution < 1.29 is 14.0 Å². The average Bonchev–Trinajstić information content (AvgIpc) is 2.32. The van der Waals surface area contributed by atoms with Crippen molar-refractivity contribution in [2.45, 2.75) is 13.0 Å². The zero-order valence-corrected chi connectivity index (χ0v) is 9.44. The number of benzene rings is 1. The van der Waals surface area contributed by atoms with E-state index in [1.807, 2.05) is 0 Å². The Balaban J connectivity index is 2.42. The van der Waals surface area contributed by atoms with Gasteiger partial charge in [-0.25, -0.2) is 4.39 Å². The van der Waals surface area contributed by atoms with Crippen molar-refractivity contribution in [1.29, 1.82) is 0 Å². The average molecular weight is 236 g/mol. The third kappa shape index (κ3) is 2.00. The first-order chi connectivity index (χ1) is 8.15. The van der Waals surface area contributed by atoms with Crippen LogP contribution in [-0.2, 0) is 4.79 Å². The Kier molecular flexibility index (Phi) is 3.08. The first-order valence-electron chi connectivity index (χ1n) is 5.43. The molecule has 1 atom stereocenters. The number of aldehydes is 1. The summed E-state index contributed by atoms with van der Waals surface area (Å²) in [5.41, 5.74) is 0.483. The zero-order valence-electron chi connectivity index (χ0n) is 9.44. The monoisotopic (exact) mass is 236 g/mol. The topological polar surface area (TPSA) is 49.4 Å². The molecular weight excluding hydrogens is 223 g/mol. The molecule has 1 fully saturated rings. The zero-order chi connectivity index (χ0) is 12.4. The van der Waals surface area contributed by atoms with Gasteiger partial charge in [0, 0.05) is 13.1 Å². The van der Waals surface area contributed by atoms with Gasteiger partial charge in [0.2, 0.25) is 5.91 Å². The molecule has 0 spiro atoms. The molecule has 1 N–H and O–H groups in total. The van der Waals surface area contributed by atoms with Gasteiger partial charge in [-0.1, -0.05) is 6.07 Å². The Morgan fingerprint density at radius 3 is 3.00 bits per heavy atom. The van der Waals surface area contributed by atoms with E-state index in [-0.39, 0.29) is 11.5 Å². The summed E-state index contributed by atoms with van der Waals surface area (Å²) < 4.78 is 13.5. The number of nitrogens with zero attached hydrogens (tertiary/aromatic N) is 1. The van der Waals surface area contributed by atoms with Crippen LogP contribution in [0.1, 0.15) is 17.3 Å². The van der Waals surface area contributed by atoms with Gasteiger partial charge >= 0.3 is 0 Å². The van der Waals surface area contributed by atoms with Gasteiger partial charge in [0.1, 0.15) is 11.9 Å². The first-order valence-corrected chi connectivity index (χ1v) is 5.43. The Morgan fingerprint density at radius 2 is 2.29 bits per heavy atom. The van der Waals surface area contributed by atoms with Gasteiger partial charge in [0.25, 0.3) is 0 Å². The molecule has 0 aliphatic carbocycles. The Morgan fingerprint density at radius 1 is 1.53 bits per heavy atom. The maximum Gasteiger partial charge on any atom is 0.242 e. The molecule has 5 heteroatoms. The van der Waals surface area contributed by atoms with Gasteiger partial charge in [0.05, 0.1) is 11.3 Å². The van der Waals surface area contributed by atoms with Crippen molar-refractivity contribution in [3.63, 3.8) is 0 Å². The van der Waals surface area contributed by atoms with Crippen LogP contribution in [0.4, 0.5) is 10.1 Å². The molecule has 1 aliphatic heterocycles. The van der Waals surface area contributed by atoms with Crippen molar-refractivity contribution in [2.24, 2.45) is 0 Å². The minimum absolute atomic E-state index is 0.00838. The molecule has 0 aromatic heterocycles. The number of hydrogen-bond donors (Lipinski definition) is 1. The molecular formula is C12H13FN2O2. The molecule has 17 heavy (non-hydrogen) atoms. The third-order valence-corrected chi connectivity index (χ3v) is 2.96. The van der Waals surface area contributed by atoms with Gasteiger partial charge in [-0.15, -0.1) is 0 Å². The van der Waals surface area contributed by atoms with Gasteiger partial charge < -0.3 is 10.2 Å². The van der Waals surface area contributed by atoms with E-state index in [0.29, 0.717) is 25.1 Å². The highest BCUT2D eigenvalue weighted by Gasteiger charge is 2.27. The number of halogens is 1. The number of amides is 1. The molecule has 1 aromatic carbocycles. The van der Waals surface area contributed by atoms with Gasteiger partial charge in [-0.3, -0.25) is 9.59 Å². The molecule has 2 rings (SSSR count). The summed E-state index contributed by atoms with van der Waals surface area (Å²) in [5.74, 6) is -0.673. The summed E-state index contributed by atoms with van der Waals surface area (Å²) in [6, 6.07) is 4.03. The molecule has 1 aliphatic rings. The van der Waals surface area contributed by atoms with Crippen LogP contribution in [0.25, 0.3) is 0 Å². The Bertz CT molecular complexity index is 462. The predicted molar refractivity (Wildman–Crippen MR) is 61.6 cm³/mol. The number of piperazine rings is 1. The quantitative estimate of drug-likeness (QED) is 0.778. The first kappa shape index (κ1) is 11.6. The van der Waals surface area contributed by atoms with Crippen LogP contribution in [0, 0.1) is 5.82 Å². The van der Waals surface area contributed by atoms with Crippen molar-refractivity contribution in [1.82, 2.24) is 5.32 Å². The lowest BCUT2D eigenvalue weighted by atomic mass is 10.1. The second kappa shape index (κ2) is 4.53. The van der Waals surface area contributed by atoms with Crippen LogP contribution in [0.5, 0.6) is 0 Å². The summed E-state index contributed by atoms with van der Waals surface area (Å²) in [5, 5.41) is 2.72. The number of anilines is 1. The molecule has 1 aromatic rings. The number of nitrogens with one attached hydrogen (secondary N) is 1. The van der Waals surface area contributed by atoms with Crippen molar-refractivity contribution in [2.75, 3.05) is 18.0 Å². The molecule has 1 heterocycles. The third-order valence-electron chi connectivity index (χ3n) is 2.96. The summed E-state index contributed by atoms with van der Waals surface area (Å²) in [6.45, 7) is 2.79. The molecule has 0 radical (unpaired) electrons. The lowest BCUT2D eigenvalue weighted by molar-refractivity contribution is -0.122. The summed E-state index contributed by atoms with van der Waals surface area (Å²) in [6.07, 6.45) is 0.490. The van der Waals surface area contributed by atoms with E-state index >= 15 is 0 Å². The number of rotatable bonds is 2.